The van der Waals surface area contributed by atoms with Gasteiger partial charge < -0.3 is 5.32 Å². The number of hydrogen-bond acceptors (Lipinski definition) is 3. The zero-order chi connectivity index (χ0) is 14.8. The molecule has 20 heavy (non-hydrogen) atoms. The van der Waals surface area contributed by atoms with E-state index in [4.69, 9.17) is 0 Å². The van der Waals surface area contributed by atoms with E-state index in [0.717, 1.165) is 11.6 Å². The van der Waals surface area contributed by atoms with Gasteiger partial charge in [0.05, 0.1) is 16.3 Å². The summed E-state index contributed by atoms with van der Waals surface area (Å²) in [5.74, 6) is -0.509. The fourth-order valence-corrected chi connectivity index (χ4v) is 2.81. The molecule has 6 heteroatoms. The average Bonchev–Trinajstić information content (AvgIpc) is 2.39. The first-order chi connectivity index (χ1) is 9.42. The number of anilines is 2. The van der Waals surface area contributed by atoms with Crippen molar-refractivity contribution in [2.45, 2.75) is 11.8 Å². The summed E-state index contributed by atoms with van der Waals surface area (Å²) < 4.78 is 40.1. The van der Waals surface area contributed by atoms with Crippen molar-refractivity contribution < 1.29 is 12.8 Å². The van der Waals surface area contributed by atoms with E-state index in [1.54, 1.807) is 19.2 Å². The Hall–Kier alpha value is -2.08. The topological polar surface area (TPSA) is 58.2 Å². The predicted molar refractivity (Wildman–Crippen MR) is 77.9 cm³/mol. The Labute approximate surface area is 117 Å². The van der Waals surface area contributed by atoms with Crippen LogP contribution < -0.4 is 10.0 Å². The van der Waals surface area contributed by atoms with E-state index in [1.807, 2.05) is 6.92 Å². The molecule has 2 aromatic carbocycles. The molecule has 0 heterocycles. The molecule has 4 nitrogen and oxygen atoms in total. The lowest BCUT2D eigenvalue weighted by atomic mass is 10.2. The van der Waals surface area contributed by atoms with Crippen molar-refractivity contribution in [1.82, 2.24) is 0 Å². The van der Waals surface area contributed by atoms with Gasteiger partial charge in [0, 0.05) is 13.1 Å². The summed E-state index contributed by atoms with van der Waals surface area (Å²) in [4.78, 5) is 0.134. The molecule has 0 aliphatic heterocycles. The quantitative estimate of drug-likeness (QED) is 0.911. The summed E-state index contributed by atoms with van der Waals surface area (Å²) in [6.45, 7) is 1.87. The van der Waals surface area contributed by atoms with Crippen LogP contribution in [0.4, 0.5) is 15.8 Å². The molecule has 0 bridgehead atoms. The summed E-state index contributed by atoms with van der Waals surface area (Å²) in [6, 6.07) is 10.3. The van der Waals surface area contributed by atoms with Gasteiger partial charge >= 0.3 is 0 Å². The molecule has 0 fully saturated rings. The number of nitrogens with one attached hydrogen (secondary N) is 2. The largest absolute Gasteiger partial charge is 0.386 e. The highest BCUT2D eigenvalue weighted by Gasteiger charge is 2.16. The van der Waals surface area contributed by atoms with Gasteiger partial charge in [-0.05, 0) is 31.2 Å². The van der Waals surface area contributed by atoms with Crippen LogP contribution in [-0.4, -0.2) is 15.5 Å². The number of sulfonamides is 1. The van der Waals surface area contributed by atoms with Crippen molar-refractivity contribution in [2.24, 2.45) is 0 Å². The molecule has 0 aromatic heterocycles. The zero-order valence-corrected chi connectivity index (χ0v) is 12.0. The van der Waals surface area contributed by atoms with E-state index in [1.165, 1.54) is 24.3 Å². The Morgan fingerprint density at radius 2 is 1.65 bits per heavy atom. The van der Waals surface area contributed by atoms with Gasteiger partial charge in [-0.3, -0.25) is 4.72 Å². The molecular formula is C14H15FN2O2S. The first-order valence-electron chi connectivity index (χ1n) is 5.99. The Morgan fingerprint density at radius 1 is 1.00 bits per heavy atom. The van der Waals surface area contributed by atoms with Crippen LogP contribution >= 0.6 is 0 Å². The average molecular weight is 294 g/mol. The Balaban J connectivity index is 2.37. The summed E-state index contributed by atoms with van der Waals surface area (Å²) in [7, 11) is -2.10. The van der Waals surface area contributed by atoms with E-state index in [2.05, 4.69) is 10.0 Å². The molecule has 0 radical (unpaired) electrons. The molecule has 0 aliphatic carbocycles. The van der Waals surface area contributed by atoms with Crippen LogP contribution in [0.3, 0.4) is 0 Å². The van der Waals surface area contributed by atoms with Crippen LogP contribution in [0.5, 0.6) is 0 Å². The van der Waals surface area contributed by atoms with E-state index < -0.39 is 15.8 Å². The normalized spacial score (nSPS) is 11.2. The van der Waals surface area contributed by atoms with Gasteiger partial charge in [0.1, 0.15) is 5.82 Å². The second-order valence-corrected chi connectivity index (χ2v) is 6.04. The third-order valence-corrected chi connectivity index (χ3v) is 4.21. The Kier molecular flexibility index (Phi) is 3.94. The molecule has 2 N–H and O–H groups in total. The minimum Gasteiger partial charge on any atom is -0.386 e. The number of halogens is 1. The third kappa shape index (κ3) is 3.08. The van der Waals surface area contributed by atoms with Crippen LogP contribution in [0.25, 0.3) is 0 Å². The van der Waals surface area contributed by atoms with Gasteiger partial charge in [0.25, 0.3) is 10.0 Å². The molecule has 2 rings (SSSR count). The lowest BCUT2D eigenvalue weighted by molar-refractivity contribution is 0.601. The molecule has 106 valence electrons. The second kappa shape index (κ2) is 5.50. The monoisotopic (exact) mass is 294 g/mol. The number of hydrogen-bond donors (Lipinski definition) is 2. The summed E-state index contributed by atoms with van der Waals surface area (Å²) in [5.41, 5.74) is 1.64. The van der Waals surface area contributed by atoms with Crippen molar-refractivity contribution in [1.29, 1.82) is 0 Å². The molecule has 0 unspecified atom stereocenters. The van der Waals surface area contributed by atoms with Crippen LogP contribution in [0.15, 0.2) is 47.4 Å². The third-order valence-electron chi connectivity index (χ3n) is 2.83. The lowest BCUT2D eigenvalue weighted by Gasteiger charge is -2.12. The van der Waals surface area contributed by atoms with Gasteiger partial charge in [0.2, 0.25) is 0 Å². The highest BCUT2D eigenvalue weighted by molar-refractivity contribution is 7.92. The van der Waals surface area contributed by atoms with Crippen LogP contribution in [0.2, 0.25) is 0 Å². The first kappa shape index (κ1) is 14.3. The molecule has 2 aromatic rings. The van der Waals surface area contributed by atoms with E-state index >= 15 is 0 Å². The highest BCUT2D eigenvalue weighted by Crippen LogP contribution is 2.25. The van der Waals surface area contributed by atoms with Gasteiger partial charge in [0.15, 0.2) is 0 Å². The van der Waals surface area contributed by atoms with E-state index in [9.17, 15) is 12.8 Å². The molecule has 0 aliphatic rings. The fraction of sp³-hybridized carbons (Fsp3) is 0.143. The van der Waals surface area contributed by atoms with Gasteiger partial charge in [-0.2, -0.15) is 0 Å². The first-order valence-corrected chi connectivity index (χ1v) is 7.47. The van der Waals surface area contributed by atoms with Gasteiger partial charge in [-0.15, -0.1) is 0 Å². The zero-order valence-electron chi connectivity index (χ0n) is 11.1. The summed E-state index contributed by atoms with van der Waals surface area (Å²) >= 11 is 0. The minimum absolute atomic E-state index is 0.134. The van der Waals surface area contributed by atoms with Gasteiger partial charge in [-0.25, -0.2) is 12.8 Å². The maximum Gasteiger partial charge on any atom is 0.261 e. The molecule has 0 amide bonds. The minimum atomic E-state index is -3.74. The molecule has 0 saturated carbocycles. The summed E-state index contributed by atoms with van der Waals surface area (Å²) in [5, 5.41) is 2.81. The van der Waals surface area contributed by atoms with Crippen molar-refractivity contribution in [2.75, 3.05) is 17.1 Å². The SMILES string of the molecule is CNc1ccc(F)cc1NS(=O)(=O)c1ccc(C)cc1. The predicted octanol–water partition coefficient (Wildman–Crippen LogP) is 2.98. The fourth-order valence-electron chi connectivity index (χ4n) is 1.74. The van der Waals surface area contributed by atoms with Crippen LogP contribution in [0.1, 0.15) is 5.56 Å². The molecule has 0 atom stereocenters. The van der Waals surface area contributed by atoms with Crippen molar-refractivity contribution >= 4 is 21.4 Å². The number of benzene rings is 2. The van der Waals surface area contributed by atoms with E-state index in [0.29, 0.717) is 5.69 Å². The maximum atomic E-state index is 13.3. The highest BCUT2D eigenvalue weighted by atomic mass is 32.2. The van der Waals surface area contributed by atoms with Crippen molar-refractivity contribution in [3.05, 3.63) is 53.8 Å². The van der Waals surface area contributed by atoms with Crippen molar-refractivity contribution in [3.63, 3.8) is 0 Å². The van der Waals surface area contributed by atoms with Crippen molar-refractivity contribution in [3.8, 4) is 0 Å². The molecule has 0 saturated heterocycles. The number of aryl methyl sites for hydroxylation is 1. The van der Waals surface area contributed by atoms with Crippen LogP contribution in [0, 0.1) is 12.7 Å². The summed E-state index contributed by atoms with van der Waals surface area (Å²) in [6.07, 6.45) is 0. The molecule has 0 spiro atoms. The smallest absolute Gasteiger partial charge is 0.261 e. The Morgan fingerprint density at radius 3 is 2.25 bits per heavy atom. The lowest BCUT2D eigenvalue weighted by Crippen LogP contribution is -2.14. The molecular weight excluding hydrogens is 279 g/mol. The van der Waals surface area contributed by atoms with E-state index in [-0.39, 0.29) is 10.6 Å². The Bertz CT molecular complexity index is 712. The number of rotatable bonds is 4. The standard InChI is InChI=1S/C14H15FN2O2S/c1-10-3-6-12(7-4-10)20(18,19)17-14-9-11(15)5-8-13(14)16-2/h3-9,16-17H,1-2H3. The van der Waals surface area contributed by atoms with Crippen LogP contribution in [-0.2, 0) is 10.0 Å². The maximum absolute atomic E-state index is 13.3. The van der Waals surface area contributed by atoms with Gasteiger partial charge in [-0.1, -0.05) is 17.7 Å². The second-order valence-electron chi connectivity index (χ2n) is 4.36.